The lowest BCUT2D eigenvalue weighted by Crippen LogP contribution is -2.46. The molecule has 166 valence electrons. The molecule has 2 heterocycles. The van der Waals surface area contributed by atoms with E-state index in [1.807, 2.05) is 61.5 Å². The molecule has 2 amide bonds. The van der Waals surface area contributed by atoms with Crippen LogP contribution in [0.5, 0.6) is 0 Å². The monoisotopic (exact) mass is 468 g/mol. The summed E-state index contributed by atoms with van der Waals surface area (Å²) < 4.78 is 0. The number of carbonyl (C=O) groups excluding carboxylic acids is 2. The summed E-state index contributed by atoms with van der Waals surface area (Å²) in [5.74, 6) is -0.103. The van der Waals surface area contributed by atoms with Gasteiger partial charge in [-0.25, -0.2) is 4.98 Å². The normalized spacial score (nSPS) is 14.8. The van der Waals surface area contributed by atoms with E-state index in [4.69, 9.17) is 11.6 Å². The van der Waals surface area contributed by atoms with Gasteiger partial charge in [0.1, 0.15) is 9.88 Å². The molecule has 0 unspecified atom stereocenters. The lowest BCUT2D eigenvalue weighted by molar-refractivity contribution is -0.117. The molecule has 8 heteroatoms. The van der Waals surface area contributed by atoms with Crippen LogP contribution in [0.1, 0.15) is 28.2 Å². The molecule has 1 saturated heterocycles. The number of nitrogens with zero attached hydrogens (tertiary/aromatic N) is 2. The molecule has 0 bridgehead atoms. The van der Waals surface area contributed by atoms with Gasteiger partial charge < -0.3 is 10.6 Å². The van der Waals surface area contributed by atoms with Crippen molar-refractivity contribution in [1.82, 2.24) is 15.2 Å². The van der Waals surface area contributed by atoms with E-state index in [-0.39, 0.29) is 17.9 Å². The Morgan fingerprint density at radius 3 is 2.47 bits per heavy atom. The number of anilines is 1. The predicted octanol–water partition coefficient (Wildman–Crippen LogP) is 4.60. The number of thiazole rings is 1. The van der Waals surface area contributed by atoms with E-state index in [0.29, 0.717) is 16.4 Å². The van der Waals surface area contributed by atoms with Crippen molar-refractivity contribution in [2.24, 2.45) is 0 Å². The SMILES string of the molecule is Cc1nc(-c2ccc(Cl)cc2)sc1C(=O)NC1CCN(CC(=O)Nc2ccccc2)CC1. The first-order valence-electron chi connectivity index (χ1n) is 10.6. The molecule has 0 radical (unpaired) electrons. The zero-order valence-electron chi connectivity index (χ0n) is 17.8. The summed E-state index contributed by atoms with van der Waals surface area (Å²) in [6.07, 6.45) is 1.62. The molecule has 2 N–H and O–H groups in total. The zero-order chi connectivity index (χ0) is 22.5. The van der Waals surface area contributed by atoms with Gasteiger partial charge in [-0.1, -0.05) is 41.9 Å². The molecule has 4 rings (SSSR count). The quantitative estimate of drug-likeness (QED) is 0.554. The van der Waals surface area contributed by atoms with E-state index >= 15 is 0 Å². The Kier molecular flexibility index (Phi) is 7.19. The number of aromatic nitrogens is 1. The number of aryl methyl sites for hydroxylation is 1. The smallest absolute Gasteiger partial charge is 0.263 e. The third-order valence-electron chi connectivity index (χ3n) is 5.44. The van der Waals surface area contributed by atoms with Gasteiger partial charge in [-0.05, 0) is 44.0 Å². The third-order valence-corrected chi connectivity index (χ3v) is 6.90. The van der Waals surface area contributed by atoms with E-state index < -0.39 is 0 Å². The first-order valence-corrected chi connectivity index (χ1v) is 11.8. The summed E-state index contributed by atoms with van der Waals surface area (Å²) in [5.41, 5.74) is 2.48. The van der Waals surface area contributed by atoms with Crippen molar-refractivity contribution in [2.75, 3.05) is 25.0 Å². The Labute approximate surface area is 196 Å². The number of halogens is 1. The number of hydrogen-bond acceptors (Lipinski definition) is 5. The number of rotatable bonds is 6. The van der Waals surface area contributed by atoms with Crippen LogP contribution in [0.4, 0.5) is 5.69 Å². The minimum atomic E-state index is -0.0829. The molecular weight excluding hydrogens is 444 g/mol. The molecule has 2 aromatic carbocycles. The highest BCUT2D eigenvalue weighted by atomic mass is 35.5. The highest BCUT2D eigenvalue weighted by molar-refractivity contribution is 7.17. The Hall–Kier alpha value is -2.74. The van der Waals surface area contributed by atoms with Gasteiger partial charge in [0.15, 0.2) is 0 Å². The summed E-state index contributed by atoms with van der Waals surface area (Å²) in [6.45, 7) is 3.75. The molecule has 1 aromatic heterocycles. The van der Waals surface area contributed by atoms with Crippen molar-refractivity contribution in [3.05, 3.63) is 70.2 Å². The lowest BCUT2D eigenvalue weighted by Gasteiger charge is -2.31. The van der Waals surface area contributed by atoms with E-state index in [2.05, 4.69) is 20.5 Å². The number of piperidine rings is 1. The van der Waals surface area contributed by atoms with E-state index in [0.717, 1.165) is 47.9 Å². The van der Waals surface area contributed by atoms with Crippen LogP contribution in [0.25, 0.3) is 10.6 Å². The van der Waals surface area contributed by atoms with Crippen LogP contribution < -0.4 is 10.6 Å². The Morgan fingerprint density at radius 2 is 1.78 bits per heavy atom. The van der Waals surface area contributed by atoms with Crippen LogP contribution >= 0.6 is 22.9 Å². The summed E-state index contributed by atoms with van der Waals surface area (Å²) >= 11 is 7.36. The lowest BCUT2D eigenvalue weighted by atomic mass is 10.0. The largest absolute Gasteiger partial charge is 0.348 e. The van der Waals surface area contributed by atoms with Crippen LogP contribution in [0.15, 0.2) is 54.6 Å². The van der Waals surface area contributed by atoms with Gasteiger partial charge in [0.25, 0.3) is 5.91 Å². The molecule has 6 nitrogen and oxygen atoms in total. The first kappa shape index (κ1) is 22.5. The van der Waals surface area contributed by atoms with E-state index in [9.17, 15) is 9.59 Å². The zero-order valence-corrected chi connectivity index (χ0v) is 19.4. The summed E-state index contributed by atoms with van der Waals surface area (Å²) in [5, 5.41) is 7.54. The average molecular weight is 469 g/mol. The molecule has 1 fully saturated rings. The maximum atomic E-state index is 12.9. The highest BCUT2D eigenvalue weighted by Gasteiger charge is 2.24. The molecule has 3 aromatic rings. The third kappa shape index (κ3) is 5.73. The van der Waals surface area contributed by atoms with Gasteiger partial charge in [0, 0.05) is 35.4 Å². The van der Waals surface area contributed by atoms with Gasteiger partial charge in [-0.3, -0.25) is 14.5 Å². The Bertz CT molecular complexity index is 1080. The number of nitrogens with one attached hydrogen (secondary N) is 2. The number of amides is 2. The van der Waals surface area contributed by atoms with Crippen LogP contribution in [-0.4, -0.2) is 47.4 Å². The second-order valence-corrected chi connectivity index (χ2v) is 9.31. The van der Waals surface area contributed by atoms with Crippen LogP contribution in [0, 0.1) is 6.92 Å². The van der Waals surface area contributed by atoms with Crippen molar-refractivity contribution >= 4 is 40.4 Å². The summed E-state index contributed by atoms with van der Waals surface area (Å²) in [7, 11) is 0. The van der Waals surface area contributed by atoms with Crippen molar-refractivity contribution in [3.8, 4) is 10.6 Å². The maximum Gasteiger partial charge on any atom is 0.263 e. The number of hydrogen-bond donors (Lipinski definition) is 2. The molecule has 32 heavy (non-hydrogen) atoms. The van der Waals surface area contributed by atoms with Gasteiger partial charge in [-0.2, -0.15) is 0 Å². The summed E-state index contributed by atoms with van der Waals surface area (Å²) in [4.78, 5) is 32.4. The second kappa shape index (κ2) is 10.3. The molecule has 0 aliphatic carbocycles. The van der Waals surface area contributed by atoms with Crippen molar-refractivity contribution < 1.29 is 9.59 Å². The summed E-state index contributed by atoms with van der Waals surface area (Å²) in [6, 6.07) is 17.0. The second-order valence-electron chi connectivity index (χ2n) is 7.88. The molecule has 1 aliphatic rings. The maximum absolute atomic E-state index is 12.9. The minimum Gasteiger partial charge on any atom is -0.348 e. The van der Waals surface area contributed by atoms with Gasteiger partial charge in [0.2, 0.25) is 5.91 Å². The average Bonchev–Trinajstić information content (AvgIpc) is 3.18. The molecular formula is C24H25ClN4O2S. The fourth-order valence-corrected chi connectivity index (χ4v) is 4.84. The number of carbonyl (C=O) groups is 2. The molecule has 0 spiro atoms. The predicted molar refractivity (Wildman–Crippen MR) is 129 cm³/mol. The molecule has 0 atom stereocenters. The van der Waals surface area contributed by atoms with Gasteiger partial charge in [-0.15, -0.1) is 11.3 Å². The topological polar surface area (TPSA) is 74.3 Å². The fourth-order valence-electron chi connectivity index (χ4n) is 3.73. The number of likely N-dealkylation sites (tertiary alicyclic amines) is 1. The van der Waals surface area contributed by atoms with Crippen molar-refractivity contribution in [3.63, 3.8) is 0 Å². The van der Waals surface area contributed by atoms with Gasteiger partial charge in [0.05, 0.1) is 12.2 Å². The number of benzene rings is 2. The van der Waals surface area contributed by atoms with Crippen LogP contribution in [0.2, 0.25) is 5.02 Å². The van der Waals surface area contributed by atoms with E-state index in [1.54, 1.807) is 0 Å². The van der Waals surface area contributed by atoms with Crippen LogP contribution in [-0.2, 0) is 4.79 Å². The van der Waals surface area contributed by atoms with Crippen molar-refractivity contribution in [2.45, 2.75) is 25.8 Å². The molecule has 0 saturated carbocycles. The van der Waals surface area contributed by atoms with Crippen molar-refractivity contribution in [1.29, 1.82) is 0 Å². The van der Waals surface area contributed by atoms with Crippen LogP contribution in [0.3, 0.4) is 0 Å². The standard InChI is InChI=1S/C24H25ClN4O2S/c1-16-22(32-24(26-16)17-7-9-18(25)10-8-17)23(31)28-20-11-13-29(14-12-20)15-21(30)27-19-5-3-2-4-6-19/h2-10,20H,11-15H2,1H3,(H,27,30)(H,28,31). The Morgan fingerprint density at radius 1 is 1.09 bits per heavy atom. The number of para-hydroxylation sites is 1. The highest BCUT2D eigenvalue weighted by Crippen LogP contribution is 2.29. The van der Waals surface area contributed by atoms with E-state index in [1.165, 1.54) is 11.3 Å². The fraction of sp³-hybridized carbons (Fsp3) is 0.292. The Balaban J connectivity index is 1.27. The minimum absolute atomic E-state index is 0.0197. The first-order chi connectivity index (χ1) is 15.5. The molecule has 1 aliphatic heterocycles. The van der Waals surface area contributed by atoms with Gasteiger partial charge >= 0.3 is 0 Å².